The van der Waals surface area contributed by atoms with Crippen LogP contribution >= 0.6 is 11.6 Å². The van der Waals surface area contributed by atoms with Gasteiger partial charge in [0.15, 0.2) is 11.5 Å². The number of aromatic nitrogens is 4. The van der Waals surface area contributed by atoms with Gasteiger partial charge in [0.25, 0.3) is 11.9 Å². The lowest BCUT2D eigenvalue weighted by atomic mass is 10.1. The number of amides is 1. The highest BCUT2D eigenvalue weighted by molar-refractivity contribution is 6.33. The summed E-state index contributed by atoms with van der Waals surface area (Å²) >= 11 is 5.95. The highest BCUT2D eigenvalue weighted by Gasteiger charge is 2.31. The zero-order chi connectivity index (χ0) is 16.6. The molecule has 0 saturated carbocycles. The normalized spacial score (nSPS) is 16.1. The molecule has 1 amide bonds. The maximum atomic E-state index is 12.4. The number of carbonyl (C=O) groups excluding carboxylic acids is 1. The van der Waals surface area contributed by atoms with Crippen LogP contribution in [0.25, 0.3) is 6.08 Å². The summed E-state index contributed by atoms with van der Waals surface area (Å²) in [5, 5.41) is 28.1. The van der Waals surface area contributed by atoms with E-state index in [4.69, 9.17) is 16.3 Å². The molecule has 0 unspecified atom stereocenters. The number of aromatic amines is 1. The van der Waals surface area contributed by atoms with Crippen molar-refractivity contribution in [2.45, 2.75) is 6.92 Å². The number of hydrogen-bond acceptors (Lipinski definition) is 7. The van der Waals surface area contributed by atoms with Gasteiger partial charge in [0.05, 0.1) is 23.4 Å². The second-order valence-electron chi connectivity index (χ2n) is 4.63. The van der Waals surface area contributed by atoms with Crippen LogP contribution in [0, 0.1) is 0 Å². The number of H-pyrrole nitrogens is 1. The predicted molar refractivity (Wildman–Crippen MR) is 82.4 cm³/mol. The maximum Gasteiger partial charge on any atom is 0.293 e. The van der Waals surface area contributed by atoms with Gasteiger partial charge in [-0.2, -0.15) is 15.3 Å². The number of phenolic OH excluding ortho intramolecular Hbond substituents is 1. The Morgan fingerprint density at radius 2 is 2.22 bits per heavy atom. The van der Waals surface area contributed by atoms with Crippen molar-refractivity contribution >= 4 is 35.2 Å². The number of methoxy groups -OCH3 is 1. The number of benzene rings is 1. The van der Waals surface area contributed by atoms with Crippen LogP contribution in [0.4, 0.5) is 5.95 Å². The second-order valence-corrected chi connectivity index (χ2v) is 5.03. The summed E-state index contributed by atoms with van der Waals surface area (Å²) in [7, 11) is 1.41. The first-order valence-electron chi connectivity index (χ1n) is 6.43. The van der Waals surface area contributed by atoms with Crippen molar-refractivity contribution < 1.29 is 14.6 Å². The minimum atomic E-state index is -0.396. The van der Waals surface area contributed by atoms with Crippen molar-refractivity contribution in [1.29, 1.82) is 0 Å². The van der Waals surface area contributed by atoms with Crippen molar-refractivity contribution in [3.63, 3.8) is 0 Å². The van der Waals surface area contributed by atoms with E-state index in [0.717, 1.165) is 5.01 Å². The summed E-state index contributed by atoms with van der Waals surface area (Å²) in [6, 6.07) is 3.08. The Morgan fingerprint density at radius 3 is 2.87 bits per heavy atom. The number of ether oxygens (including phenoxy) is 1. The highest BCUT2D eigenvalue weighted by Crippen LogP contribution is 2.36. The molecule has 2 heterocycles. The smallest absolute Gasteiger partial charge is 0.293 e. The topological polar surface area (TPSA) is 117 Å². The molecule has 0 atom stereocenters. The van der Waals surface area contributed by atoms with E-state index in [1.54, 1.807) is 19.1 Å². The zero-order valence-corrected chi connectivity index (χ0v) is 12.9. The van der Waals surface area contributed by atoms with Crippen LogP contribution < -0.4 is 9.75 Å². The van der Waals surface area contributed by atoms with Crippen LogP contribution in [-0.2, 0) is 4.79 Å². The molecule has 0 fully saturated rings. The van der Waals surface area contributed by atoms with E-state index in [1.165, 1.54) is 13.2 Å². The monoisotopic (exact) mass is 334 g/mol. The Hall–Kier alpha value is -2.94. The number of halogens is 1. The largest absolute Gasteiger partial charge is 0.503 e. The lowest BCUT2D eigenvalue weighted by Gasteiger charge is -2.07. The summed E-state index contributed by atoms with van der Waals surface area (Å²) in [5.74, 6) is -0.293. The predicted octanol–water partition coefficient (Wildman–Crippen LogP) is 1.37. The first kappa shape index (κ1) is 15.0. The van der Waals surface area contributed by atoms with Crippen LogP contribution in [0.15, 0.2) is 22.8 Å². The van der Waals surface area contributed by atoms with Crippen molar-refractivity contribution in [2.24, 2.45) is 5.10 Å². The zero-order valence-electron chi connectivity index (χ0n) is 12.1. The number of tetrazole rings is 1. The molecular formula is C13H11ClN6O3. The fourth-order valence-electron chi connectivity index (χ4n) is 2.07. The van der Waals surface area contributed by atoms with Gasteiger partial charge in [-0.15, -0.1) is 5.10 Å². The third-order valence-electron chi connectivity index (χ3n) is 3.17. The van der Waals surface area contributed by atoms with E-state index >= 15 is 0 Å². The quantitative estimate of drug-likeness (QED) is 0.819. The number of rotatable bonds is 3. The summed E-state index contributed by atoms with van der Waals surface area (Å²) in [4.78, 5) is 12.4. The molecule has 0 spiro atoms. The third-order valence-corrected chi connectivity index (χ3v) is 3.46. The average molecular weight is 335 g/mol. The molecule has 1 aliphatic heterocycles. The number of phenols is 1. The summed E-state index contributed by atoms with van der Waals surface area (Å²) in [6.45, 7) is 1.68. The number of aromatic hydroxyl groups is 1. The molecule has 9 nitrogen and oxygen atoms in total. The van der Waals surface area contributed by atoms with Crippen molar-refractivity contribution in [3.8, 4) is 11.5 Å². The van der Waals surface area contributed by atoms with Gasteiger partial charge in [-0.1, -0.05) is 16.7 Å². The molecule has 0 bridgehead atoms. The summed E-state index contributed by atoms with van der Waals surface area (Å²) in [5.41, 5.74) is 1.42. The Bertz CT molecular complexity index is 830. The minimum absolute atomic E-state index is 0.0547. The maximum absolute atomic E-state index is 12.4. The number of carbonyl (C=O) groups is 1. The number of anilines is 1. The molecule has 2 aromatic rings. The Kier molecular flexibility index (Phi) is 3.70. The molecule has 1 aromatic carbocycles. The molecule has 0 aliphatic carbocycles. The van der Waals surface area contributed by atoms with Crippen molar-refractivity contribution in [1.82, 2.24) is 20.6 Å². The first-order chi connectivity index (χ1) is 11.0. The van der Waals surface area contributed by atoms with E-state index < -0.39 is 5.91 Å². The van der Waals surface area contributed by atoms with Gasteiger partial charge in [-0.3, -0.25) is 4.79 Å². The van der Waals surface area contributed by atoms with Gasteiger partial charge < -0.3 is 9.84 Å². The lowest BCUT2D eigenvalue weighted by molar-refractivity contribution is -0.114. The molecule has 2 N–H and O–H groups in total. The van der Waals surface area contributed by atoms with Gasteiger partial charge in [-0.25, -0.2) is 0 Å². The van der Waals surface area contributed by atoms with Crippen LogP contribution in [0.2, 0.25) is 5.02 Å². The molecule has 10 heteroatoms. The fourth-order valence-corrected chi connectivity index (χ4v) is 2.28. The Balaban J connectivity index is 1.99. The third kappa shape index (κ3) is 2.61. The SMILES string of the molecule is COc1cc(/C=C2/C(=O)N(c3nn[nH]n3)N=C2C)cc(Cl)c1O. The minimum Gasteiger partial charge on any atom is -0.503 e. The summed E-state index contributed by atoms with van der Waals surface area (Å²) < 4.78 is 5.04. The van der Waals surface area contributed by atoms with Crippen LogP contribution in [0.3, 0.4) is 0 Å². The van der Waals surface area contributed by atoms with E-state index in [9.17, 15) is 9.90 Å². The van der Waals surface area contributed by atoms with E-state index in [1.807, 2.05) is 0 Å². The van der Waals surface area contributed by atoms with Crippen LogP contribution in [0.1, 0.15) is 12.5 Å². The molecule has 0 saturated heterocycles. The summed E-state index contributed by atoms with van der Waals surface area (Å²) in [6.07, 6.45) is 1.59. The molecule has 3 rings (SSSR count). The van der Waals surface area contributed by atoms with Gasteiger partial charge in [0, 0.05) is 0 Å². The van der Waals surface area contributed by atoms with Crippen molar-refractivity contribution in [3.05, 3.63) is 28.3 Å². The number of hydrogen-bond donors (Lipinski definition) is 2. The number of nitrogens with zero attached hydrogens (tertiary/aromatic N) is 5. The molecule has 23 heavy (non-hydrogen) atoms. The lowest BCUT2D eigenvalue weighted by Crippen LogP contribution is -2.22. The van der Waals surface area contributed by atoms with Crippen LogP contribution in [0.5, 0.6) is 11.5 Å². The Labute approximate surface area is 135 Å². The van der Waals surface area contributed by atoms with Gasteiger partial charge in [-0.05, 0) is 35.9 Å². The molecule has 0 radical (unpaired) electrons. The van der Waals surface area contributed by atoms with E-state index in [2.05, 4.69) is 25.7 Å². The Morgan fingerprint density at radius 1 is 1.43 bits per heavy atom. The van der Waals surface area contributed by atoms with Gasteiger partial charge >= 0.3 is 0 Å². The van der Waals surface area contributed by atoms with Gasteiger partial charge in [0.2, 0.25) is 0 Å². The van der Waals surface area contributed by atoms with Crippen LogP contribution in [-0.4, -0.2) is 44.5 Å². The van der Waals surface area contributed by atoms with Gasteiger partial charge in [0.1, 0.15) is 0 Å². The number of hydrazone groups is 1. The molecule has 1 aromatic heterocycles. The molecular weight excluding hydrogens is 324 g/mol. The molecule has 118 valence electrons. The second kappa shape index (κ2) is 5.69. The highest BCUT2D eigenvalue weighted by atomic mass is 35.5. The molecule has 1 aliphatic rings. The first-order valence-corrected chi connectivity index (χ1v) is 6.80. The fraction of sp³-hybridized carbons (Fsp3) is 0.154. The van der Waals surface area contributed by atoms with Crippen molar-refractivity contribution in [2.75, 3.05) is 12.1 Å². The average Bonchev–Trinajstić information content (AvgIpc) is 3.14. The standard InChI is InChI=1S/C13H11ClN6O3/c1-6-8(12(22)20(17-6)13-15-18-19-16-13)3-7-4-9(14)11(21)10(5-7)23-2/h3-5,21H,1-2H3,(H,15,16,18,19)/b8-3+. The van der Waals surface area contributed by atoms with E-state index in [-0.39, 0.29) is 22.5 Å². The number of nitrogens with one attached hydrogen (secondary N) is 1. The van der Waals surface area contributed by atoms with E-state index in [0.29, 0.717) is 16.8 Å².